The molecule has 1 saturated carbocycles. The fourth-order valence-corrected chi connectivity index (χ4v) is 7.04. The number of fused-ring (bicyclic) bond motifs is 2. The highest BCUT2D eigenvalue weighted by Crippen LogP contribution is 2.62. The number of carbonyl (C=O) groups excluding carboxylic acids is 1. The van der Waals surface area contributed by atoms with Gasteiger partial charge in [0, 0.05) is 31.1 Å². The van der Waals surface area contributed by atoms with Crippen LogP contribution < -0.4 is 4.74 Å². The van der Waals surface area contributed by atoms with E-state index in [4.69, 9.17) is 14.3 Å². The summed E-state index contributed by atoms with van der Waals surface area (Å²) >= 11 is 0. The molecule has 5 rings (SSSR count). The molecule has 0 radical (unpaired) electrons. The lowest BCUT2D eigenvalue weighted by Gasteiger charge is -2.56. The van der Waals surface area contributed by atoms with Crippen LogP contribution in [-0.2, 0) is 9.57 Å². The molecular weight excluding hydrogens is 532 g/mol. The molecule has 1 aromatic heterocycles. The van der Waals surface area contributed by atoms with E-state index in [-0.39, 0.29) is 48.8 Å². The number of ether oxygens (including phenoxy) is 2. The van der Waals surface area contributed by atoms with E-state index in [0.717, 1.165) is 36.8 Å². The van der Waals surface area contributed by atoms with Gasteiger partial charge in [0.25, 0.3) is 0 Å². The molecule has 6 atom stereocenters. The molecule has 12 nitrogen and oxygen atoms in total. The van der Waals surface area contributed by atoms with E-state index in [2.05, 4.69) is 21.5 Å². The van der Waals surface area contributed by atoms with Gasteiger partial charge in [-0.3, -0.25) is 0 Å². The van der Waals surface area contributed by atoms with Crippen LogP contribution in [-0.4, -0.2) is 80.3 Å². The van der Waals surface area contributed by atoms with Crippen LogP contribution in [0.5, 0.6) is 11.5 Å². The van der Waals surface area contributed by atoms with Gasteiger partial charge in [0.1, 0.15) is 24.7 Å². The zero-order valence-electron chi connectivity index (χ0n) is 23.3. The average molecular weight is 571 g/mol. The highest BCUT2D eigenvalue weighted by Gasteiger charge is 2.63. The maximum absolute atomic E-state index is 12.7. The summed E-state index contributed by atoms with van der Waals surface area (Å²) in [7, 11) is 2.72. The second-order valence-electron chi connectivity index (χ2n) is 11.0. The molecule has 1 fully saturated rings. The number of aliphatic hydroxyl groups is 3. The van der Waals surface area contributed by atoms with Crippen LogP contribution in [0.3, 0.4) is 0 Å². The molecule has 41 heavy (non-hydrogen) atoms. The minimum atomic E-state index is -1.87. The summed E-state index contributed by atoms with van der Waals surface area (Å²) in [6.45, 7) is 0.185. The van der Waals surface area contributed by atoms with Crippen LogP contribution in [0.15, 0.2) is 41.2 Å². The van der Waals surface area contributed by atoms with Crippen molar-refractivity contribution < 1.29 is 39.5 Å². The number of oxime groups is 1. The van der Waals surface area contributed by atoms with Crippen LogP contribution in [0.1, 0.15) is 73.0 Å². The molecule has 12 heteroatoms. The molecule has 2 heterocycles. The fourth-order valence-electron chi connectivity index (χ4n) is 7.04. The fraction of sp³-hybridized carbons (Fsp3) is 0.586. The highest BCUT2D eigenvalue weighted by atomic mass is 16.6. The number of hydrogen-bond donors (Lipinski definition) is 4. The maximum atomic E-state index is 12.7. The lowest BCUT2D eigenvalue weighted by molar-refractivity contribution is -0.225. The molecule has 1 aliphatic heterocycles. The number of unbranched alkanes of at least 4 members (excludes halogenated alkanes) is 2. The van der Waals surface area contributed by atoms with Gasteiger partial charge in [0.05, 0.1) is 24.9 Å². The topological polar surface area (TPSA) is 169 Å². The number of aromatic nitrogens is 3. The van der Waals surface area contributed by atoms with Crippen molar-refractivity contribution in [2.45, 2.75) is 62.7 Å². The first-order valence-corrected chi connectivity index (χ1v) is 14.1. The van der Waals surface area contributed by atoms with Crippen molar-refractivity contribution >= 4 is 11.7 Å². The standard InChI is InChI=1S/C29H38N4O8/c1-39-28(37)23-16-30-32-33(23)25-15-22(31-40-2)20-13-17(7-3-5-11-34)19(8-4-6-12-35)26-21-14-18(36)9-10-24(21)41-29(25,38)27(20)26/h9-10,13-14,16-17,19,25-27,34-36,38H,3-8,11-12,15H2,1-2H3/t17-,19+,25-,26+,27+,29+/m0/s1. The Balaban J connectivity index is 1.72. The predicted octanol–water partition coefficient (Wildman–Crippen LogP) is 2.70. The largest absolute Gasteiger partial charge is 0.508 e. The number of carbonyl (C=O) groups is 1. The lowest BCUT2D eigenvalue weighted by atomic mass is 9.55. The number of allylic oxidation sites excluding steroid dienone is 1. The Hall–Kier alpha value is -3.48. The van der Waals surface area contributed by atoms with Crippen LogP contribution >= 0.6 is 0 Å². The summed E-state index contributed by atoms with van der Waals surface area (Å²) in [5, 5.41) is 54.7. The third kappa shape index (κ3) is 5.20. The predicted molar refractivity (Wildman–Crippen MR) is 146 cm³/mol. The van der Waals surface area contributed by atoms with Gasteiger partial charge in [-0.1, -0.05) is 29.3 Å². The van der Waals surface area contributed by atoms with Crippen LogP contribution in [0.4, 0.5) is 0 Å². The van der Waals surface area contributed by atoms with E-state index in [9.17, 15) is 25.2 Å². The lowest BCUT2D eigenvalue weighted by Crippen LogP contribution is -2.62. The number of esters is 1. The van der Waals surface area contributed by atoms with Crippen LogP contribution in [0.25, 0.3) is 0 Å². The quantitative estimate of drug-likeness (QED) is 0.179. The molecule has 2 aliphatic carbocycles. The number of phenolic OH excluding ortho intramolecular Hbond substituents is 1. The van der Waals surface area contributed by atoms with Crippen molar-refractivity contribution in [3.05, 3.63) is 47.3 Å². The number of benzene rings is 1. The van der Waals surface area contributed by atoms with Gasteiger partial charge < -0.3 is 34.7 Å². The third-order valence-corrected chi connectivity index (χ3v) is 8.73. The maximum Gasteiger partial charge on any atom is 0.358 e. The average Bonchev–Trinajstić information content (AvgIpc) is 3.45. The first-order valence-electron chi connectivity index (χ1n) is 14.1. The highest BCUT2D eigenvalue weighted by molar-refractivity contribution is 6.02. The number of methoxy groups -OCH3 is 1. The van der Waals surface area contributed by atoms with Gasteiger partial charge in [0.2, 0.25) is 5.79 Å². The second kappa shape index (κ2) is 12.2. The number of nitrogens with zero attached hydrogens (tertiary/aromatic N) is 4. The van der Waals surface area contributed by atoms with Gasteiger partial charge in [-0.25, -0.2) is 9.48 Å². The minimum absolute atomic E-state index is 0.0170. The van der Waals surface area contributed by atoms with Crippen molar-refractivity contribution in [1.82, 2.24) is 15.0 Å². The van der Waals surface area contributed by atoms with Gasteiger partial charge >= 0.3 is 5.97 Å². The van der Waals surface area contributed by atoms with E-state index in [1.807, 2.05) is 0 Å². The van der Waals surface area contributed by atoms with Crippen molar-refractivity contribution in [1.29, 1.82) is 0 Å². The molecule has 0 spiro atoms. The Bertz CT molecular complexity index is 1310. The summed E-state index contributed by atoms with van der Waals surface area (Å²) in [5.41, 5.74) is 2.22. The first kappa shape index (κ1) is 29.0. The molecular formula is C29H38N4O8. The molecule has 0 saturated heterocycles. The van der Waals surface area contributed by atoms with E-state index in [1.54, 1.807) is 12.1 Å². The molecule has 1 aromatic carbocycles. The van der Waals surface area contributed by atoms with Gasteiger partial charge in [-0.2, -0.15) is 0 Å². The summed E-state index contributed by atoms with van der Waals surface area (Å²) in [4.78, 5) is 17.9. The summed E-state index contributed by atoms with van der Waals surface area (Å²) in [6.07, 6.45) is 8.05. The number of aliphatic hydroxyl groups excluding tert-OH is 2. The minimum Gasteiger partial charge on any atom is -0.508 e. The smallest absolute Gasteiger partial charge is 0.358 e. The second-order valence-corrected chi connectivity index (χ2v) is 11.0. The Labute approximate surface area is 238 Å². The molecule has 0 bridgehead atoms. The van der Waals surface area contributed by atoms with Crippen molar-refractivity contribution in [2.75, 3.05) is 27.4 Å². The summed E-state index contributed by atoms with van der Waals surface area (Å²) in [6, 6.07) is 3.95. The Kier molecular flexibility index (Phi) is 8.62. The van der Waals surface area contributed by atoms with E-state index >= 15 is 0 Å². The molecule has 3 aliphatic rings. The number of hydrogen-bond acceptors (Lipinski definition) is 11. The monoisotopic (exact) mass is 570 g/mol. The Morgan fingerprint density at radius 1 is 1.17 bits per heavy atom. The number of rotatable bonds is 11. The summed E-state index contributed by atoms with van der Waals surface area (Å²) < 4.78 is 12.7. The molecule has 2 aromatic rings. The number of phenols is 1. The molecule has 0 unspecified atom stereocenters. The molecule has 4 N–H and O–H groups in total. The van der Waals surface area contributed by atoms with Gasteiger partial charge in [0.15, 0.2) is 5.69 Å². The Morgan fingerprint density at radius 3 is 2.63 bits per heavy atom. The summed E-state index contributed by atoms with van der Waals surface area (Å²) in [5.74, 6) is -2.86. The molecule has 222 valence electrons. The Morgan fingerprint density at radius 2 is 1.93 bits per heavy atom. The van der Waals surface area contributed by atoms with Crippen LogP contribution in [0, 0.1) is 17.8 Å². The molecule has 0 amide bonds. The zero-order chi connectivity index (χ0) is 29.1. The third-order valence-electron chi connectivity index (χ3n) is 8.73. The van der Waals surface area contributed by atoms with Crippen molar-refractivity contribution in [3.63, 3.8) is 0 Å². The van der Waals surface area contributed by atoms with E-state index in [1.165, 1.54) is 31.2 Å². The van der Waals surface area contributed by atoms with E-state index in [0.29, 0.717) is 24.3 Å². The van der Waals surface area contributed by atoms with Crippen LogP contribution in [0.2, 0.25) is 0 Å². The zero-order valence-corrected chi connectivity index (χ0v) is 23.3. The van der Waals surface area contributed by atoms with E-state index < -0.39 is 23.7 Å². The number of aromatic hydroxyl groups is 1. The van der Waals surface area contributed by atoms with Gasteiger partial charge in [-0.15, -0.1) is 5.10 Å². The van der Waals surface area contributed by atoms with Crippen molar-refractivity contribution in [3.8, 4) is 11.5 Å². The first-order chi connectivity index (χ1) is 19.9. The van der Waals surface area contributed by atoms with Crippen molar-refractivity contribution in [2.24, 2.45) is 22.9 Å². The normalized spacial score (nSPS) is 29.2. The van der Waals surface area contributed by atoms with Gasteiger partial charge in [-0.05, 0) is 61.3 Å². The SMILES string of the molecule is CON=C1C[C@H](n2nncc2C(=O)OC)[C@@]2(O)Oc3ccc(O)cc3[C@H]3[C@H](CCCCO)[C@@H](CCCCO)C=C1[C@H]32.